The minimum atomic E-state index is -2.98. The molecule has 0 spiro atoms. The summed E-state index contributed by atoms with van der Waals surface area (Å²) in [5.74, 6) is -3.37. The van der Waals surface area contributed by atoms with E-state index < -0.39 is 24.0 Å². The number of hydrogen-bond donors (Lipinski definition) is 0. The van der Waals surface area contributed by atoms with Crippen molar-refractivity contribution in [2.45, 2.75) is 24.4 Å². The molecule has 0 aromatic heterocycles. The summed E-state index contributed by atoms with van der Waals surface area (Å²) in [6.07, 6.45) is 3.92. The molecule has 1 unspecified atom stereocenters. The quantitative estimate of drug-likeness (QED) is 0.749. The molecule has 4 nitrogen and oxygen atoms in total. The third-order valence-electron chi connectivity index (χ3n) is 5.72. The lowest BCUT2D eigenvalue weighted by Gasteiger charge is -2.41. The summed E-state index contributed by atoms with van der Waals surface area (Å²) in [4.78, 5) is 17.6. The molecule has 29 heavy (non-hydrogen) atoms. The molecule has 3 rings (SSSR count). The van der Waals surface area contributed by atoms with Crippen molar-refractivity contribution in [1.82, 2.24) is 14.7 Å². The standard InChI is InChI=1S/C22H26F3N3O/c1-5-15-11-12-28(20(18(15)6-2)16-7-9-17(23)10-8-16)21(29)27(4)19-13-26(3)14-22(19,24)25/h5-10,19-20H,1-2,11-14H2,3-4H3/t19?,20-/m0/s1. The van der Waals surface area contributed by atoms with Gasteiger partial charge in [-0.05, 0) is 42.3 Å². The zero-order valence-electron chi connectivity index (χ0n) is 16.7. The lowest BCUT2D eigenvalue weighted by molar-refractivity contribution is -0.0374. The molecule has 0 saturated carbocycles. The second kappa shape index (κ2) is 8.06. The highest BCUT2D eigenvalue weighted by atomic mass is 19.3. The first kappa shape index (κ1) is 21.2. The van der Waals surface area contributed by atoms with Crippen molar-refractivity contribution in [2.24, 2.45) is 0 Å². The van der Waals surface area contributed by atoms with Crippen molar-refractivity contribution in [2.75, 3.05) is 33.7 Å². The van der Waals surface area contributed by atoms with Gasteiger partial charge < -0.3 is 9.80 Å². The molecule has 1 saturated heterocycles. The van der Waals surface area contributed by atoms with Gasteiger partial charge >= 0.3 is 6.03 Å². The number of nitrogens with zero attached hydrogens (tertiary/aromatic N) is 3. The Bertz CT molecular complexity index is 834. The fourth-order valence-electron chi connectivity index (χ4n) is 4.23. The van der Waals surface area contributed by atoms with E-state index in [1.807, 2.05) is 0 Å². The molecule has 0 bridgehead atoms. The number of amides is 2. The van der Waals surface area contributed by atoms with E-state index in [2.05, 4.69) is 13.2 Å². The van der Waals surface area contributed by atoms with Gasteiger partial charge in [0.2, 0.25) is 0 Å². The van der Waals surface area contributed by atoms with Crippen molar-refractivity contribution in [3.05, 3.63) is 72.1 Å². The van der Waals surface area contributed by atoms with Gasteiger partial charge in [-0.1, -0.05) is 37.4 Å². The van der Waals surface area contributed by atoms with Crippen LogP contribution >= 0.6 is 0 Å². The maximum atomic E-state index is 14.4. The molecule has 1 fully saturated rings. The SMILES string of the molecule is C=CC1=C(C=C)[C@H](c2ccc(F)cc2)N(C(=O)N(C)C2CN(C)CC2(F)F)CC1. The molecular weight excluding hydrogens is 379 g/mol. The number of urea groups is 1. The Morgan fingerprint density at radius 1 is 1.24 bits per heavy atom. The number of rotatable bonds is 4. The second-order valence-electron chi connectivity index (χ2n) is 7.65. The van der Waals surface area contributed by atoms with Gasteiger partial charge in [-0.25, -0.2) is 18.0 Å². The van der Waals surface area contributed by atoms with Crippen molar-refractivity contribution in [3.8, 4) is 0 Å². The van der Waals surface area contributed by atoms with Crippen LogP contribution in [0.2, 0.25) is 0 Å². The highest BCUT2D eigenvalue weighted by Crippen LogP contribution is 2.39. The predicted molar refractivity (Wildman–Crippen MR) is 107 cm³/mol. The molecule has 2 atom stereocenters. The normalized spacial score (nSPS) is 24.5. The number of hydrogen-bond acceptors (Lipinski definition) is 2. The molecule has 2 aliphatic heterocycles. The van der Waals surface area contributed by atoms with Crippen LogP contribution in [0.25, 0.3) is 0 Å². The Balaban J connectivity index is 1.98. The molecule has 7 heteroatoms. The number of likely N-dealkylation sites (tertiary alicyclic amines) is 1. The zero-order chi connectivity index (χ0) is 21.3. The van der Waals surface area contributed by atoms with Gasteiger partial charge in [0.25, 0.3) is 5.92 Å². The van der Waals surface area contributed by atoms with Gasteiger partial charge in [0.1, 0.15) is 11.9 Å². The Kier molecular flexibility index (Phi) is 5.89. The second-order valence-corrected chi connectivity index (χ2v) is 7.65. The Labute approximate surface area is 169 Å². The molecule has 0 N–H and O–H groups in total. The van der Waals surface area contributed by atoms with Crippen LogP contribution in [0.1, 0.15) is 18.0 Å². The summed E-state index contributed by atoms with van der Waals surface area (Å²) in [5, 5.41) is 0. The van der Waals surface area contributed by atoms with E-state index in [4.69, 9.17) is 0 Å². The van der Waals surface area contributed by atoms with Crippen molar-refractivity contribution >= 4 is 6.03 Å². The van der Waals surface area contributed by atoms with Crippen LogP contribution in [0.4, 0.5) is 18.0 Å². The van der Waals surface area contributed by atoms with E-state index in [0.29, 0.717) is 18.5 Å². The van der Waals surface area contributed by atoms with E-state index in [-0.39, 0.29) is 18.9 Å². The van der Waals surface area contributed by atoms with Crippen LogP contribution in [0.5, 0.6) is 0 Å². The van der Waals surface area contributed by atoms with Crippen LogP contribution in [0, 0.1) is 5.82 Å². The van der Waals surface area contributed by atoms with Crippen LogP contribution in [0.3, 0.4) is 0 Å². The van der Waals surface area contributed by atoms with Crippen molar-refractivity contribution in [1.29, 1.82) is 0 Å². The van der Waals surface area contributed by atoms with E-state index in [0.717, 1.165) is 16.0 Å². The summed E-state index contributed by atoms with van der Waals surface area (Å²) in [7, 11) is 3.03. The van der Waals surface area contributed by atoms with Gasteiger partial charge in [-0.15, -0.1) is 0 Å². The first-order valence-electron chi connectivity index (χ1n) is 9.52. The highest BCUT2D eigenvalue weighted by Gasteiger charge is 2.51. The third-order valence-corrected chi connectivity index (χ3v) is 5.72. The molecule has 1 aromatic rings. The Morgan fingerprint density at radius 3 is 2.41 bits per heavy atom. The van der Waals surface area contributed by atoms with E-state index >= 15 is 0 Å². The third kappa shape index (κ3) is 3.96. The smallest absolute Gasteiger partial charge is 0.317 e. The molecule has 156 valence electrons. The Hall–Kier alpha value is -2.54. The minimum absolute atomic E-state index is 0.104. The number of alkyl halides is 2. The molecule has 0 radical (unpaired) electrons. The van der Waals surface area contributed by atoms with Crippen LogP contribution in [-0.2, 0) is 0 Å². The molecule has 2 amide bonds. The Morgan fingerprint density at radius 2 is 1.90 bits per heavy atom. The number of benzene rings is 1. The number of carbonyl (C=O) groups is 1. The number of allylic oxidation sites excluding steroid dienone is 1. The van der Waals surface area contributed by atoms with Crippen LogP contribution in [0.15, 0.2) is 60.7 Å². The van der Waals surface area contributed by atoms with Gasteiger partial charge in [0.05, 0.1) is 12.6 Å². The average Bonchev–Trinajstić information content (AvgIpc) is 2.98. The molecular formula is C22H26F3N3O. The molecule has 0 aliphatic carbocycles. The number of carbonyl (C=O) groups excluding carboxylic acids is 1. The molecule has 2 heterocycles. The summed E-state index contributed by atoms with van der Waals surface area (Å²) >= 11 is 0. The van der Waals surface area contributed by atoms with E-state index in [1.54, 1.807) is 36.2 Å². The number of halogens is 3. The summed E-state index contributed by atoms with van der Waals surface area (Å²) in [6, 6.07) is 3.63. The predicted octanol–water partition coefficient (Wildman–Crippen LogP) is 4.24. The minimum Gasteiger partial charge on any atom is -0.317 e. The van der Waals surface area contributed by atoms with Crippen molar-refractivity contribution < 1.29 is 18.0 Å². The maximum absolute atomic E-state index is 14.4. The fourth-order valence-corrected chi connectivity index (χ4v) is 4.23. The summed E-state index contributed by atoms with van der Waals surface area (Å²) in [6.45, 7) is 7.77. The lowest BCUT2D eigenvalue weighted by Crippen LogP contribution is -2.54. The van der Waals surface area contributed by atoms with Gasteiger partial charge in [-0.3, -0.25) is 4.90 Å². The largest absolute Gasteiger partial charge is 0.321 e. The molecule has 2 aliphatic rings. The fraction of sp³-hybridized carbons (Fsp3) is 0.409. The van der Waals surface area contributed by atoms with E-state index in [9.17, 15) is 18.0 Å². The summed E-state index contributed by atoms with van der Waals surface area (Å²) < 4.78 is 42.3. The van der Waals surface area contributed by atoms with Gasteiger partial charge in [0.15, 0.2) is 0 Å². The van der Waals surface area contributed by atoms with Gasteiger partial charge in [0, 0.05) is 20.1 Å². The monoisotopic (exact) mass is 405 g/mol. The summed E-state index contributed by atoms with van der Waals surface area (Å²) in [5.41, 5.74) is 2.40. The average molecular weight is 405 g/mol. The van der Waals surface area contributed by atoms with Crippen LogP contribution < -0.4 is 0 Å². The lowest BCUT2D eigenvalue weighted by atomic mass is 9.88. The zero-order valence-corrected chi connectivity index (χ0v) is 16.7. The van der Waals surface area contributed by atoms with Crippen LogP contribution in [-0.4, -0.2) is 66.4 Å². The van der Waals surface area contributed by atoms with Gasteiger partial charge in [-0.2, -0.15) is 0 Å². The number of likely N-dealkylation sites (N-methyl/N-ethyl adjacent to an activating group) is 2. The topological polar surface area (TPSA) is 26.8 Å². The van der Waals surface area contributed by atoms with E-state index in [1.165, 1.54) is 24.1 Å². The first-order valence-corrected chi connectivity index (χ1v) is 9.52. The highest BCUT2D eigenvalue weighted by molar-refractivity contribution is 5.76. The maximum Gasteiger partial charge on any atom is 0.321 e. The van der Waals surface area contributed by atoms with Crippen molar-refractivity contribution in [3.63, 3.8) is 0 Å². The molecule has 1 aromatic carbocycles. The first-order chi connectivity index (χ1) is 13.7.